The summed E-state index contributed by atoms with van der Waals surface area (Å²) >= 11 is 0. The fourth-order valence-corrected chi connectivity index (χ4v) is 10.1. The Morgan fingerprint density at radius 3 is 1.30 bits per heavy atom. The minimum Gasteiger partial charge on any atom is -0.466 e. The average Bonchev–Trinajstić information content (AvgIpc) is 3.47. The molecular weight excluding hydrogens is 991 g/mol. The molecule has 0 aliphatic carbocycles. The van der Waals surface area contributed by atoms with Crippen molar-refractivity contribution in [1.82, 2.24) is 5.32 Å². The summed E-state index contributed by atoms with van der Waals surface area (Å²) in [4.78, 5) is 25.1. The smallest absolute Gasteiger partial charge is 0.305 e. The van der Waals surface area contributed by atoms with E-state index in [0.717, 1.165) is 96.3 Å². The predicted octanol–water partition coefficient (Wildman–Crippen LogP) is 16.2. The maximum Gasteiger partial charge on any atom is 0.305 e. The number of aliphatic hydroxyl groups excluding tert-OH is 5. The highest BCUT2D eigenvalue weighted by atomic mass is 16.7. The second-order valence-electron chi connectivity index (χ2n) is 22.8. The van der Waals surface area contributed by atoms with Gasteiger partial charge in [-0.1, -0.05) is 248 Å². The van der Waals surface area contributed by atoms with Gasteiger partial charge in [0.1, 0.15) is 24.4 Å². The zero-order valence-electron chi connectivity index (χ0n) is 50.8. The molecule has 1 aliphatic heterocycles. The molecule has 0 aromatic heterocycles. The number of amides is 1. The van der Waals surface area contributed by atoms with Crippen molar-refractivity contribution in [3.05, 3.63) is 60.8 Å². The number of hydrogen-bond acceptors (Lipinski definition) is 10. The van der Waals surface area contributed by atoms with Crippen LogP contribution in [0, 0.1) is 0 Å². The van der Waals surface area contributed by atoms with Gasteiger partial charge in [0.15, 0.2) is 6.29 Å². The van der Waals surface area contributed by atoms with Crippen LogP contribution in [-0.2, 0) is 23.8 Å². The van der Waals surface area contributed by atoms with Crippen molar-refractivity contribution in [2.24, 2.45) is 0 Å². The Bertz CT molecular complexity index is 1500. The molecule has 1 saturated heterocycles. The van der Waals surface area contributed by atoms with Gasteiger partial charge in [0.05, 0.1) is 32.0 Å². The lowest BCUT2D eigenvalue weighted by Crippen LogP contribution is -2.60. The highest BCUT2D eigenvalue weighted by Crippen LogP contribution is 2.23. The van der Waals surface area contributed by atoms with Crippen LogP contribution in [0.1, 0.15) is 296 Å². The molecule has 460 valence electrons. The monoisotopic (exact) mass is 1110 g/mol. The molecule has 7 atom stereocenters. The quantitative estimate of drug-likeness (QED) is 0.0195. The molecule has 0 radical (unpaired) electrons. The van der Waals surface area contributed by atoms with Crippen molar-refractivity contribution < 1.29 is 49.3 Å². The third-order valence-electron chi connectivity index (χ3n) is 15.3. The number of allylic oxidation sites excluding steroid dienone is 9. The van der Waals surface area contributed by atoms with Crippen LogP contribution < -0.4 is 5.32 Å². The number of esters is 1. The van der Waals surface area contributed by atoms with Gasteiger partial charge in [0, 0.05) is 12.8 Å². The van der Waals surface area contributed by atoms with E-state index in [2.05, 4.69) is 67.8 Å². The Morgan fingerprint density at radius 1 is 0.468 bits per heavy atom. The molecule has 1 aliphatic rings. The lowest BCUT2D eigenvalue weighted by atomic mass is 9.99. The summed E-state index contributed by atoms with van der Waals surface area (Å²) in [6.07, 6.45) is 64.9. The van der Waals surface area contributed by atoms with E-state index < -0.39 is 49.5 Å². The first-order valence-corrected chi connectivity index (χ1v) is 33.1. The summed E-state index contributed by atoms with van der Waals surface area (Å²) in [5, 5.41) is 54.2. The largest absolute Gasteiger partial charge is 0.466 e. The number of aliphatic hydroxyl groups is 5. The molecule has 1 heterocycles. The van der Waals surface area contributed by atoms with Crippen molar-refractivity contribution >= 4 is 11.9 Å². The second-order valence-corrected chi connectivity index (χ2v) is 22.8. The maximum atomic E-state index is 13.0. The van der Waals surface area contributed by atoms with Gasteiger partial charge in [-0.05, 0) is 96.3 Å². The van der Waals surface area contributed by atoms with Gasteiger partial charge >= 0.3 is 5.97 Å². The van der Waals surface area contributed by atoms with Gasteiger partial charge < -0.3 is 45.1 Å². The van der Waals surface area contributed by atoms with Crippen molar-refractivity contribution in [2.75, 3.05) is 19.8 Å². The number of carbonyl (C=O) groups excluding carboxylic acids is 2. The fourth-order valence-electron chi connectivity index (χ4n) is 10.1. The Morgan fingerprint density at radius 2 is 0.848 bits per heavy atom. The molecule has 0 aromatic carbocycles. The summed E-state index contributed by atoms with van der Waals surface area (Å²) in [6.45, 7) is 4.28. The van der Waals surface area contributed by atoms with E-state index in [1.54, 1.807) is 6.08 Å². The third-order valence-corrected chi connectivity index (χ3v) is 15.3. The van der Waals surface area contributed by atoms with Crippen molar-refractivity contribution in [3.63, 3.8) is 0 Å². The maximum absolute atomic E-state index is 13.0. The molecule has 0 bridgehead atoms. The molecule has 1 fully saturated rings. The van der Waals surface area contributed by atoms with Gasteiger partial charge in [0.25, 0.3) is 0 Å². The van der Waals surface area contributed by atoms with Crippen LogP contribution in [0.4, 0.5) is 0 Å². The summed E-state index contributed by atoms with van der Waals surface area (Å²) in [7, 11) is 0. The second kappa shape index (κ2) is 57.2. The van der Waals surface area contributed by atoms with Gasteiger partial charge in [0.2, 0.25) is 5.91 Å². The fraction of sp³-hybridized carbons (Fsp3) is 0.824. The molecule has 0 aromatic rings. The number of hydrogen-bond donors (Lipinski definition) is 6. The number of unbranched alkanes of at least 4 members (excludes halogenated alkanes) is 35. The van der Waals surface area contributed by atoms with Gasteiger partial charge in [-0.3, -0.25) is 9.59 Å². The van der Waals surface area contributed by atoms with E-state index in [4.69, 9.17) is 14.2 Å². The minimum atomic E-state index is -1.57. The van der Waals surface area contributed by atoms with E-state index in [-0.39, 0.29) is 18.5 Å². The molecule has 11 nitrogen and oxygen atoms in total. The lowest BCUT2D eigenvalue weighted by molar-refractivity contribution is -0.302. The van der Waals surface area contributed by atoms with Crippen LogP contribution in [-0.4, -0.2) is 100 Å². The first-order chi connectivity index (χ1) is 38.7. The zero-order chi connectivity index (χ0) is 57.3. The van der Waals surface area contributed by atoms with Gasteiger partial charge in [-0.2, -0.15) is 0 Å². The normalized spacial score (nSPS) is 18.8. The van der Waals surface area contributed by atoms with Crippen LogP contribution in [0.25, 0.3) is 0 Å². The lowest BCUT2D eigenvalue weighted by Gasteiger charge is -2.40. The number of carbonyl (C=O) groups is 2. The highest BCUT2D eigenvalue weighted by molar-refractivity contribution is 5.76. The Kier molecular flexibility index (Phi) is 53.8. The molecule has 1 rings (SSSR count). The summed E-state index contributed by atoms with van der Waals surface area (Å²) in [5.41, 5.74) is 0. The van der Waals surface area contributed by atoms with Gasteiger partial charge in [-0.15, -0.1) is 0 Å². The molecular formula is C68H123NO10. The first kappa shape index (κ1) is 74.4. The number of ether oxygens (including phenoxy) is 3. The van der Waals surface area contributed by atoms with E-state index in [9.17, 15) is 35.1 Å². The van der Waals surface area contributed by atoms with Crippen molar-refractivity contribution in [1.29, 1.82) is 0 Å². The Balaban J connectivity index is 1.98. The topological polar surface area (TPSA) is 175 Å². The van der Waals surface area contributed by atoms with Crippen molar-refractivity contribution in [2.45, 2.75) is 339 Å². The molecule has 79 heavy (non-hydrogen) atoms. The SMILES string of the molecule is CCCCC/C=C\C/C=C\CCCCCCCCCCCC(=O)OCCCCCCCCCCC/C=C\C/C=C\CCCCCCCCCC(=O)NC(COC1OC(CO)C(O)C(O)C1O)C(O)/C=C/CCCCCCCCC. The van der Waals surface area contributed by atoms with Gasteiger partial charge in [-0.25, -0.2) is 0 Å². The van der Waals surface area contributed by atoms with E-state index in [1.165, 1.54) is 173 Å². The van der Waals surface area contributed by atoms with E-state index in [0.29, 0.717) is 19.4 Å². The van der Waals surface area contributed by atoms with E-state index in [1.807, 2.05) is 6.08 Å². The molecule has 7 unspecified atom stereocenters. The molecule has 1 amide bonds. The molecule has 0 saturated carbocycles. The van der Waals surface area contributed by atoms with E-state index >= 15 is 0 Å². The first-order valence-electron chi connectivity index (χ1n) is 33.1. The number of rotatable bonds is 57. The Hall–Kier alpha value is -2.64. The van der Waals surface area contributed by atoms with Crippen molar-refractivity contribution in [3.8, 4) is 0 Å². The third kappa shape index (κ3) is 46.5. The Labute approximate surface area is 484 Å². The molecule has 6 N–H and O–H groups in total. The molecule has 11 heteroatoms. The highest BCUT2D eigenvalue weighted by Gasteiger charge is 2.44. The minimum absolute atomic E-state index is 0.00903. The van der Waals surface area contributed by atoms with Crippen LogP contribution in [0.3, 0.4) is 0 Å². The van der Waals surface area contributed by atoms with Crippen LogP contribution in [0.2, 0.25) is 0 Å². The summed E-state index contributed by atoms with van der Waals surface area (Å²) < 4.78 is 16.7. The van der Waals surface area contributed by atoms with Crippen LogP contribution in [0.15, 0.2) is 60.8 Å². The van der Waals surface area contributed by atoms with Crippen LogP contribution in [0.5, 0.6) is 0 Å². The average molecular weight is 1110 g/mol. The zero-order valence-corrected chi connectivity index (χ0v) is 50.8. The van der Waals surface area contributed by atoms with Crippen LogP contribution >= 0.6 is 0 Å². The molecule has 0 spiro atoms. The summed E-state index contributed by atoms with van der Waals surface area (Å²) in [6, 6.07) is -0.817. The predicted molar refractivity (Wildman–Crippen MR) is 329 cm³/mol. The number of nitrogens with one attached hydrogen (secondary N) is 1. The summed E-state index contributed by atoms with van der Waals surface area (Å²) in [5.74, 6) is -0.204. The standard InChI is InChI=1S/C68H123NO10/c1-3-5-7-9-11-13-14-15-16-17-23-27-30-33-36-40-44-48-52-56-64(73)77-57-53-49-45-41-37-34-31-28-25-22-20-18-19-21-24-26-29-32-35-39-43-47-51-55-63(72)69-60(61(71)54-50-46-42-38-12-10-8-6-4-2)59-78-68-67(76)66(75)65(74)62(58-70)79-68/h11,13,15-16,18,20-21,24,50,54,60-62,65-68,70-71,74-76H,3-10,12,14,17,19,22-23,25-49,51-53,55-59H2,1-2H3,(H,69,72)/b13-11-,16-15-,20-18-,24-21-,54-50+.